The lowest BCUT2D eigenvalue weighted by molar-refractivity contribution is 0.172. The number of aliphatic hydroxyl groups is 1. The highest BCUT2D eigenvalue weighted by atomic mass is 16.5. The van der Waals surface area contributed by atoms with Gasteiger partial charge in [-0.05, 0) is 43.5 Å². The Kier molecular flexibility index (Phi) is 3.88. The maximum atomic E-state index is 9.86. The molecular weight excluding hydrogens is 250 g/mol. The van der Waals surface area contributed by atoms with Crippen LogP contribution in [0.5, 0.6) is 11.5 Å². The molecule has 3 nitrogen and oxygen atoms in total. The van der Waals surface area contributed by atoms with E-state index in [1.165, 1.54) is 0 Å². The molecule has 3 rings (SSSR count). The molecule has 2 N–H and O–H groups in total. The van der Waals surface area contributed by atoms with Crippen molar-refractivity contribution in [3.63, 3.8) is 0 Å². The average Bonchev–Trinajstić information content (AvgIpc) is 2.86. The van der Waals surface area contributed by atoms with Gasteiger partial charge in [0.05, 0.1) is 12.1 Å². The standard InChI is InChI=1S/C17H19NO2/c19-17-11-5-10-16(17)18-13-6-4-9-15(12-13)20-14-7-2-1-3-8-14/h1-4,6-9,12,16-19H,5,10-11H2/t16-,17-/m0/s1. The SMILES string of the molecule is O[C@H]1CCC[C@@H]1Nc1cccc(Oc2ccccc2)c1. The van der Waals surface area contributed by atoms with E-state index < -0.39 is 0 Å². The van der Waals surface area contributed by atoms with Crippen molar-refractivity contribution < 1.29 is 9.84 Å². The first kappa shape index (κ1) is 13.0. The number of nitrogens with one attached hydrogen (secondary N) is 1. The molecule has 0 radical (unpaired) electrons. The minimum absolute atomic E-state index is 0.155. The van der Waals surface area contributed by atoms with Crippen molar-refractivity contribution >= 4 is 5.69 Å². The zero-order valence-electron chi connectivity index (χ0n) is 11.3. The Labute approximate surface area is 119 Å². The van der Waals surface area contributed by atoms with Crippen molar-refractivity contribution in [1.82, 2.24) is 0 Å². The largest absolute Gasteiger partial charge is 0.457 e. The van der Waals surface area contributed by atoms with Crippen LogP contribution in [-0.2, 0) is 0 Å². The minimum Gasteiger partial charge on any atom is -0.457 e. The maximum absolute atomic E-state index is 9.86. The Morgan fingerprint density at radius 3 is 2.50 bits per heavy atom. The number of ether oxygens (including phenoxy) is 1. The third-order valence-electron chi connectivity index (χ3n) is 3.64. The number of benzene rings is 2. The van der Waals surface area contributed by atoms with Crippen LogP contribution >= 0.6 is 0 Å². The number of hydrogen-bond acceptors (Lipinski definition) is 3. The second-order valence-electron chi connectivity index (χ2n) is 5.19. The summed E-state index contributed by atoms with van der Waals surface area (Å²) >= 11 is 0. The molecule has 3 heteroatoms. The normalized spacial score (nSPS) is 21.6. The second-order valence-corrected chi connectivity index (χ2v) is 5.19. The monoisotopic (exact) mass is 269 g/mol. The van der Waals surface area contributed by atoms with Crippen molar-refractivity contribution in [1.29, 1.82) is 0 Å². The van der Waals surface area contributed by atoms with Crippen LogP contribution < -0.4 is 10.1 Å². The van der Waals surface area contributed by atoms with Crippen LogP contribution in [0, 0.1) is 0 Å². The predicted molar refractivity (Wildman–Crippen MR) is 80.2 cm³/mol. The van der Waals surface area contributed by atoms with Gasteiger partial charge in [-0.1, -0.05) is 24.3 Å². The molecule has 2 aromatic carbocycles. The lowest BCUT2D eigenvalue weighted by Crippen LogP contribution is -2.27. The number of para-hydroxylation sites is 1. The first-order valence-electron chi connectivity index (χ1n) is 7.09. The molecule has 20 heavy (non-hydrogen) atoms. The van der Waals surface area contributed by atoms with Crippen LogP contribution in [0.25, 0.3) is 0 Å². The van der Waals surface area contributed by atoms with E-state index in [0.29, 0.717) is 0 Å². The smallest absolute Gasteiger partial charge is 0.129 e. The fourth-order valence-electron chi connectivity index (χ4n) is 2.60. The number of hydrogen-bond donors (Lipinski definition) is 2. The van der Waals surface area contributed by atoms with Crippen molar-refractivity contribution in [2.24, 2.45) is 0 Å². The van der Waals surface area contributed by atoms with Crippen LogP contribution in [0.4, 0.5) is 5.69 Å². The Balaban J connectivity index is 1.69. The summed E-state index contributed by atoms with van der Waals surface area (Å²) in [5.74, 6) is 1.62. The Bertz CT molecular complexity index is 556. The van der Waals surface area contributed by atoms with Crippen LogP contribution in [0.2, 0.25) is 0 Å². The molecule has 0 aromatic heterocycles. The molecule has 1 saturated carbocycles. The summed E-state index contributed by atoms with van der Waals surface area (Å²) in [6, 6.07) is 17.8. The van der Waals surface area contributed by atoms with Gasteiger partial charge in [0.15, 0.2) is 0 Å². The van der Waals surface area contributed by atoms with E-state index in [9.17, 15) is 5.11 Å². The summed E-state index contributed by atoms with van der Waals surface area (Å²) in [5.41, 5.74) is 0.990. The summed E-state index contributed by atoms with van der Waals surface area (Å²) < 4.78 is 5.81. The summed E-state index contributed by atoms with van der Waals surface area (Å²) in [4.78, 5) is 0. The van der Waals surface area contributed by atoms with Crippen LogP contribution in [0.15, 0.2) is 54.6 Å². The summed E-state index contributed by atoms with van der Waals surface area (Å²) in [6.45, 7) is 0. The van der Waals surface area contributed by atoms with Gasteiger partial charge in [-0.25, -0.2) is 0 Å². The lowest BCUT2D eigenvalue weighted by Gasteiger charge is -2.18. The number of rotatable bonds is 4. The molecule has 2 atom stereocenters. The van der Waals surface area contributed by atoms with Gasteiger partial charge in [-0.3, -0.25) is 0 Å². The highest BCUT2D eigenvalue weighted by Gasteiger charge is 2.24. The van der Waals surface area contributed by atoms with Gasteiger partial charge < -0.3 is 15.2 Å². The van der Waals surface area contributed by atoms with E-state index in [4.69, 9.17) is 4.74 Å². The topological polar surface area (TPSA) is 41.5 Å². The molecule has 0 unspecified atom stereocenters. The van der Waals surface area contributed by atoms with Crippen LogP contribution in [-0.4, -0.2) is 17.3 Å². The van der Waals surface area contributed by atoms with Crippen LogP contribution in [0.1, 0.15) is 19.3 Å². The molecule has 0 aliphatic heterocycles. The highest BCUT2D eigenvalue weighted by molar-refractivity contribution is 5.50. The average molecular weight is 269 g/mol. The van der Waals surface area contributed by atoms with Crippen molar-refractivity contribution in [2.45, 2.75) is 31.4 Å². The minimum atomic E-state index is -0.242. The molecule has 1 aliphatic rings. The number of aliphatic hydroxyl groups excluding tert-OH is 1. The first-order valence-corrected chi connectivity index (χ1v) is 7.09. The molecule has 1 aliphatic carbocycles. The molecule has 1 fully saturated rings. The Morgan fingerprint density at radius 2 is 1.75 bits per heavy atom. The summed E-state index contributed by atoms with van der Waals surface area (Å²) in [6.07, 6.45) is 2.75. The van der Waals surface area contributed by atoms with Gasteiger partial charge in [0, 0.05) is 11.8 Å². The highest BCUT2D eigenvalue weighted by Crippen LogP contribution is 2.27. The third-order valence-corrected chi connectivity index (χ3v) is 3.64. The van der Waals surface area contributed by atoms with E-state index in [1.807, 2.05) is 54.6 Å². The third kappa shape index (κ3) is 3.11. The summed E-state index contributed by atoms with van der Waals surface area (Å²) in [7, 11) is 0. The van der Waals surface area contributed by atoms with Gasteiger partial charge in [0.25, 0.3) is 0 Å². The molecule has 0 amide bonds. The molecule has 104 valence electrons. The first-order chi connectivity index (χ1) is 9.81. The predicted octanol–water partition coefficient (Wildman–Crippen LogP) is 3.80. The molecule has 0 saturated heterocycles. The van der Waals surface area contributed by atoms with E-state index >= 15 is 0 Å². The molecule has 0 bridgehead atoms. The zero-order chi connectivity index (χ0) is 13.8. The van der Waals surface area contributed by atoms with Gasteiger partial charge in [0.2, 0.25) is 0 Å². The fourth-order valence-corrected chi connectivity index (χ4v) is 2.60. The zero-order valence-corrected chi connectivity index (χ0v) is 11.3. The number of anilines is 1. The molecular formula is C17H19NO2. The Morgan fingerprint density at radius 1 is 0.950 bits per heavy atom. The van der Waals surface area contributed by atoms with E-state index in [-0.39, 0.29) is 12.1 Å². The Hall–Kier alpha value is -2.00. The fraction of sp³-hybridized carbons (Fsp3) is 0.294. The van der Waals surface area contributed by atoms with E-state index in [0.717, 1.165) is 36.4 Å². The van der Waals surface area contributed by atoms with Gasteiger partial charge in [0.1, 0.15) is 11.5 Å². The van der Waals surface area contributed by atoms with Crippen LogP contribution in [0.3, 0.4) is 0 Å². The van der Waals surface area contributed by atoms with E-state index in [2.05, 4.69) is 5.32 Å². The van der Waals surface area contributed by atoms with Crippen molar-refractivity contribution in [3.8, 4) is 11.5 Å². The lowest BCUT2D eigenvalue weighted by atomic mass is 10.2. The van der Waals surface area contributed by atoms with E-state index in [1.54, 1.807) is 0 Å². The van der Waals surface area contributed by atoms with Gasteiger partial charge >= 0.3 is 0 Å². The van der Waals surface area contributed by atoms with Gasteiger partial charge in [-0.2, -0.15) is 0 Å². The molecule has 2 aromatic rings. The van der Waals surface area contributed by atoms with Crippen molar-refractivity contribution in [2.75, 3.05) is 5.32 Å². The quantitative estimate of drug-likeness (QED) is 0.887. The second kappa shape index (κ2) is 5.97. The summed E-state index contributed by atoms with van der Waals surface area (Å²) in [5, 5.41) is 13.2. The maximum Gasteiger partial charge on any atom is 0.129 e. The van der Waals surface area contributed by atoms with Crippen molar-refractivity contribution in [3.05, 3.63) is 54.6 Å². The van der Waals surface area contributed by atoms with Gasteiger partial charge in [-0.15, -0.1) is 0 Å². The molecule has 0 spiro atoms. The molecule has 0 heterocycles.